The van der Waals surface area contributed by atoms with Crippen LogP contribution in [0.3, 0.4) is 0 Å². The molecule has 2 unspecified atom stereocenters. The van der Waals surface area contributed by atoms with Crippen LogP contribution in [0.4, 0.5) is 8.78 Å². The molecule has 2 aromatic carbocycles. The second-order valence-electron chi connectivity index (χ2n) is 10.9. The van der Waals surface area contributed by atoms with Crippen LogP contribution in [0.25, 0.3) is 33.5 Å². The van der Waals surface area contributed by atoms with Crippen LogP contribution in [0.1, 0.15) is 38.8 Å². The second kappa shape index (κ2) is 11.8. The summed E-state index contributed by atoms with van der Waals surface area (Å²) in [6, 6.07) is 17.5. The number of ether oxygens (including phenoxy) is 3. The van der Waals surface area contributed by atoms with Gasteiger partial charge in [0.25, 0.3) is 0 Å². The van der Waals surface area contributed by atoms with Crippen LogP contribution in [-0.4, -0.2) is 59.2 Å². The molecular formula is C31H34ClF2N5O3S. The van der Waals surface area contributed by atoms with Crippen molar-refractivity contribution in [3.63, 3.8) is 0 Å². The van der Waals surface area contributed by atoms with Gasteiger partial charge in [0, 0.05) is 30.4 Å². The predicted molar refractivity (Wildman–Crippen MR) is 164 cm³/mol. The minimum absolute atomic E-state index is 0.0212. The molecule has 0 bridgehead atoms. The number of nitrogens with zero attached hydrogens (tertiary/aromatic N) is 4. The summed E-state index contributed by atoms with van der Waals surface area (Å²) >= 11 is 6.72. The van der Waals surface area contributed by atoms with E-state index in [1.807, 2.05) is 54.8 Å². The van der Waals surface area contributed by atoms with E-state index in [9.17, 15) is 0 Å². The lowest BCUT2D eigenvalue weighted by molar-refractivity contribution is -0.109. The summed E-state index contributed by atoms with van der Waals surface area (Å²) in [6.45, 7) is 1.98. The van der Waals surface area contributed by atoms with Gasteiger partial charge in [-0.25, -0.2) is 4.98 Å². The van der Waals surface area contributed by atoms with Gasteiger partial charge in [-0.15, -0.1) is 0 Å². The number of imidazole rings is 1. The Kier molecular flexibility index (Phi) is 8.18. The van der Waals surface area contributed by atoms with Crippen LogP contribution in [0, 0.1) is 4.78 Å². The van der Waals surface area contributed by atoms with Crippen LogP contribution < -0.4 is 4.74 Å². The highest BCUT2D eigenvalue weighted by Gasteiger charge is 2.55. The number of hydrogen-bond acceptors (Lipinski definition) is 7. The normalized spacial score (nSPS) is 23.3. The van der Waals surface area contributed by atoms with E-state index in [2.05, 4.69) is 9.35 Å². The summed E-state index contributed by atoms with van der Waals surface area (Å²) in [6.07, 6.45) is 1.41. The SMILES string of the molecule is CC[C@H]1OC[C@@H](Oc2nc3cc(Cl)c(-c4ccc(-c5ccc(S(C)(=N)=NC)cc5)cc4)nc3n2C2CCCCO2)C1(F)F. The Labute approximate surface area is 255 Å². The lowest BCUT2D eigenvalue weighted by Crippen LogP contribution is -2.42. The number of pyridine rings is 1. The molecule has 0 saturated carbocycles. The number of benzene rings is 2. The Hall–Kier alpha value is -3.12. The summed E-state index contributed by atoms with van der Waals surface area (Å²) in [4.78, 5) is 10.3. The fraction of sp³-hybridized carbons (Fsp3) is 0.419. The molecule has 4 aromatic rings. The monoisotopic (exact) mass is 629 g/mol. The molecule has 2 aliphatic heterocycles. The minimum Gasteiger partial charge on any atom is -0.452 e. The summed E-state index contributed by atoms with van der Waals surface area (Å²) in [7, 11) is -0.226. The van der Waals surface area contributed by atoms with Gasteiger partial charge in [-0.3, -0.25) is 13.7 Å². The number of aromatic nitrogens is 3. The van der Waals surface area contributed by atoms with Crippen molar-refractivity contribution in [3.8, 4) is 28.4 Å². The number of nitrogens with one attached hydrogen (secondary N) is 1. The summed E-state index contributed by atoms with van der Waals surface area (Å²) < 4.78 is 61.6. The highest BCUT2D eigenvalue weighted by Crippen LogP contribution is 2.40. The van der Waals surface area contributed by atoms with Crippen molar-refractivity contribution >= 4 is 32.4 Å². The molecule has 2 saturated heterocycles. The largest absolute Gasteiger partial charge is 0.452 e. The van der Waals surface area contributed by atoms with Crippen molar-refractivity contribution in [2.24, 2.45) is 4.36 Å². The third-order valence-corrected chi connectivity index (χ3v) is 10.3. The standard InChI is InChI=1S/C31H34ClF2N5O3S/c1-4-25-31(33,34)26(18-41-25)42-30-37-24-17-23(32)28(38-29(24)39(30)27-7-5-6-16-40-27)21-10-8-19(9-11-21)20-12-14-22(15-13-20)43(3,35)36-2/h8-15,17,25-27,35H,4-7,16,18H2,1-3H3/t25-,26-,27?,43?/m1/s1. The molecule has 2 fully saturated rings. The molecule has 43 heavy (non-hydrogen) atoms. The number of rotatable bonds is 7. The smallest absolute Gasteiger partial charge is 0.311 e. The van der Waals surface area contributed by atoms with Crippen LogP contribution in [-0.2, 0) is 19.1 Å². The molecule has 2 aromatic heterocycles. The molecule has 0 spiro atoms. The molecule has 228 valence electrons. The first-order chi connectivity index (χ1) is 20.6. The van der Waals surface area contributed by atoms with Gasteiger partial charge >= 0.3 is 11.9 Å². The lowest BCUT2D eigenvalue weighted by atomic mass is 10.0. The Morgan fingerprint density at radius 1 is 1.07 bits per heavy atom. The number of alkyl halides is 2. The van der Waals surface area contributed by atoms with Crippen molar-refractivity contribution in [2.45, 2.75) is 61.9 Å². The van der Waals surface area contributed by atoms with Crippen molar-refractivity contribution in [1.82, 2.24) is 14.5 Å². The molecule has 2 aliphatic rings. The molecule has 0 amide bonds. The molecule has 4 heterocycles. The fourth-order valence-corrected chi connectivity index (χ4v) is 6.68. The van der Waals surface area contributed by atoms with Gasteiger partial charge in [-0.2, -0.15) is 13.8 Å². The van der Waals surface area contributed by atoms with Crippen LogP contribution in [0.15, 0.2) is 63.9 Å². The minimum atomic E-state index is -3.16. The van der Waals surface area contributed by atoms with Gasteiger partial charge in [0.2, 0.25) is 0 Å². The first kappa shape index (κ1) is 29.9. The maximum Gasteiger partial charge on any atom is 0.311 e. The fourth-order valence-electron chi connectivity index (χ4n) is 5.55. The molecule has 6 rings (SSSR count). The Morgan fingerprint density at radius 3 is 2.35 bits per heavy atom. The first-order valence-corrected chi connectivity index (χ1v) is 16.7. The molecule has 0 radical (unpaired) electrons. The Bertz CT molecular complexity index is 1750. The van der Waals surface area contributed by atoms with E-state index in [-0.39, 0.29) is 19.0 Å². The molecule has 12 heteroatoms. The third-order valence-electron chi connectivity index (χ3n) is 8.13. The Morgan fingerprint density at radius 2 is 1.74 bits per heavy atom. The van der Waals surface area contributed by atoms with Gasteiger partial charge < -0.3 is 14.2 Å². The van der Waals surface area contributed by atoms with Crippen molar-refractivity contribution in [2.75, 3.05) is 26.5 Å². The lowest BCUT2D eigenvalue weighted by Gasteiger charge is -2.27. The third kappa shape index (κ3) is 5.63. The average Bonchev–Trinajstić information content (AvgIpc) is 3.51. The van der Waals surface area contributed by atoms with Gasteiger partial charge in [0.15, 0.2) is 11.8 Å². The summed E-state index contributed by atoms with van der Waals surface area (Å²) in [5.41, 5.74) is 4.25. The topological polar surface area (TPSA) is 94.6 Å². The van der Waals surface area contributed by atoms with E-state index in [1.54, 1.807) is 24.6 Å². The van der Waals surface area contributed by atoms with E-state index < -0.39 is 34.0 Å². The molecule has 1 N–H and O–H groups in total. The second-order valence-corrected chi connectivity index (χ2v) is 13.9. The van der Waals surface area contributed by atoms with Gasteiger partial charge in [-0.05, 0) is 64.6 Å². The van der Waals surface area contributed by atoms with E-state index in [0.717, 1.165) is 34.4 Å². The maximum absolute atomic E-state index is 15.0. The highest BCUT2D eigenvalue weighted by atomic mass is 35.5. The Balaban J connectivity index is 1.36. The average molecular weight is 630 g/mol. The van der Waals surface area contributed by atoms with E-state index in [1.165, 1.54) is 0 Å². The maximum atomic E-state index is 15.0. The van der Waals surface area contributed by atoms with Crippen LogP contribution in [0.5, 0.6) is 6.01 Å². The van der Waals surface area contributed by atoms with Crippen molar-refractivity contribution in [1.29, 1.82) is 4.78 Å². The molecule has 4 atom stereocenters. The number of halogens is 3. The van der Waals surface area contributed by atoms with Gasteiger partial charge in [0.1, 0.15) is 17.8 Å². The first-order valence-electron chi connectivity index (χ1n) is 14.3. The van der Waals surface area contributed by atoms with Gasteiger partial charge in [-0.1, -0.05) is 54.9 Å². The zero-order valence-electron chi connectivity index (χ0n) is 24.2. The molecule has 8 nitrogen and oxygen atoms in total. The van der Waals surface area contributed by atoms with Gasteiger partial charge in [0.05, 0.1) is 17.3 Å². The van der Waals surface area contributed by atoms with Crippen LogP contribution >= 0.6 is 11.6 Å². The van der Waals surface area contributed by atoms with E-state index in [0.29, 0.717) is 34.9 Å². The van der Waals surface area contributed by atoms with E-state index in [4.69, 9.17) is 35.6 Å². The van der Waals surface area contributed by atoms with Crippen LogP contribution in [0.2, 0.25) is 5.02 Å². The summed E-state index contributed by atoms with van der Waals surface area (Å²) in [5, 5.41) is 0.381. The van der Waals surface area contributed by atoms with E-state index >= 15 is 8.78 Å². The predicted octanol–water partition coefficient (Wildman–Crippen LogP) is 8.03. The van der Waals surface area contributed by atoms with Crippen molar-refractivity contribution < 1.29 is 23.0 Å². The summed E-state index contributed by atoms with van der Waals surface area (Å²) in [5.74, 6) is -3.16. The zero-order valence-corrected chi connectivity index (χ0v) is 25.8. The molecular weight excluding hydrogens is 596 g/mol. The zero-order chi connectivity index (χ0) is 30.4. The number of hydrogen-bond donors (Lipinski definition) is 1. The number of fused-ring (bicyclic) bond motifs is 1. The molecule has 0 aliphatic carbocycles. The van der Waals surface area contributed by atoms with Crippen molar-refractivity contribution in [3.05, 3.63) is 59.6 Å². The highest BCUT2D eigenvalue weighted by molar-refractivity contribution is 7.94. The quantitative estimate of drug-likeness (QED) is 0.223.